The van der Waals surface area contributed by atoms with Crippen LogP contribution in [0.3, 0.4) is 0 Å². The molecule has 3 aromatic rings. The van der Waals surface area contributed by atoms with Crippen LogP contribution in [0.15, 0.2) is 72.5 Å². The van der Waals surface area contributed by atoms with Crippen molar-refractivity contribution in [3.8, 4) is 11.5 Å². The van der Waals surface area contributed by atoms with Crippen molar-refractivity contribution in [2.24, 2.45) is 0 Å². The second-order valence-corrected chi connectivity index (χ2v) is 8.71. The number of carbonyl (C=O) groups is 2. The van der Waals surface area contributed by atoms with Crippen LogP contribution in [0.1, 0.15) is 15.9 Å². The Morgan fingerprint density at radius 1 is 1.03 bits per heavy atom. The zero-order chi connectivity index (χ0) is 24.4. The third-order valence-electron chi connectivity index (χ3n) is 6.08. The summed E-state index contributed by atoms with van der Waals surface area (Å²) in [5.74, 6) is 0.802. The van der Waals surface area contributed by atoms with Crippen LogP contribution in [0.2, 0.25) is 5.02 Å². The van der Waals surface area contributed by atoms with Crippen LogP contribution >= 0.6 is 11.6 Å². The molecule has 8 heteroatoms. The summed E-state index contributed by atoms with van der Waals surface area (Å²) in [6, 6.07) is 20.2. The largest absolute Gasteiger partial charge is 0.496 e. The second kappa shape index (κ2) is 9.72. The topological polar surface area (TPSA) is 71.1 Å². The van der Waals surface area contributed by atoms with E-state index in [2.05, 4.69) is 10.2 Å². The third-order valence-corrected chi connectivity index (χ3v) is 6.32. The lowest BCUT2D eigenvalue weighted by molar-refractivity contribution is -0.115. The number of nitrogens with one attached hydrogen (secondary N) is 1. The lowest BCUT2D eigenvalue weighted by Gasteiger charge is -2.36. The summed E-state index contributed by atoms with van der Waals surface area (Å²) in [5, 5.41) is 3.53. The maximum Gasteiger partial charge on any atom is 0.291 e. The van der Waals surface area contributed by atoms with Gasteiger partial charge in [0.15, 0.2) is 11.5 Å². The van der Waals surface area contributed by atoms with Crippen LogP contribution in [0.25, 0.3) is 6.08 Å². The van der Waals surface area contributed by atoms with E-state index in [0.717, 1.165) is 11.3 Å². The summed E-state index contributed by atoms with van der Waals surface area (Å²) in [6.45, 7) is 2.62. The minimum absolute atomic E-state index is 0.0804. The highest BCUT2D eigenvalue weighted by molar-refractivity contribution is 6.30. The number of ether oxygens (including phenoxy) is 2. The van der Waals surface area contributed by atoms with Crippen molar-refractivity contribution in [1.29, 1.82) is 0 Å². The Morgan fingerprint density at radius 2 is 1.83 bits per heavy atom. The lowest BCUT2D eigenvalue weighted by Crippen LogP contribution is -2.48. The molecule has 0 saturated carbocycles. The quantitative estimate of drug-likeness (QED) is 0.539. The third kappa shape index (κ3) is 4.81. The molecule has 0 bridgehead atoms. The van der Waals surface area contributed by atoms with Crippen LogP contribution in [0, 0.1) is 0 Å². The first-order valence-electron chi connectivity index (χ1n) is 11.3. The first-order valence-corrected chi connectivity index (χ1v) is 11.7. The maximum atomic E-state index is 13.1. The van der Waals surface area contributed by atoms with E-state index in [-0.39, 0.29) is 17.6 Å². The maximum absolute atomic E-state index is 13.1. The smallest absolute Gasteiger partial charge is 0.291 e. The molecular weight excluding hydrogens is 466 g/mol. The van der Waals surface area contributed by atoms with Crippen molar-refractivity contribution in [3.63, 3.8) is 0 Å². The number of hydrogen-bond acceptors (Lipinski definition) is 5. The second-order valence-electron chi connectivity index (χ2n) is 8.28. The molecule has 1 N–H and O–H groups in total. The fraction of sp³-hybridized carbons (Fsp3) is 0.185. The van der Waals surface area contributed by atoms with E-state index in [1.807, 2.05) is 53.4 Å². The molecule has 7 nitrogen and oxygen atoms in total. The summed E-state index contributed by atoms with van der Waals surface area (Å²) in [5.41, 5.74) is 2.75. The zero-order valence-corrected chi connectivity index (χ0v) is 19.9. The molecule has 2 amide bonds. The molecule has 0 atom stereocenters. The van der Waals surface area contributed by atoms with Gasteiger partial charge in [-0.1, -0.05) is 35.9 Å². The molecule has 0 aromatic heterocycles. The van der Waals surface area contributed by atoms with Gasteiger partial charge in [0.2, 0.25) is 0 Å². The highest BCUT2D eigenvalue weighted by Crippen LogP contribution is 2.33. The summed E-state index contributed by atoms with van der Waals surface area (Å²) in [6.07, 6.45) is 1.63. The Hall–Kier alpha value is -3.97. The first-order chi connectivity index (χ1) is 17.0. The number of rotatable bonds is 4. The molecule has 35 heavy (non-hydrogen) atoms. The summed E-state index contributed by atoms with van der Waals surface area (Å²) < 4.78 is 11.2. The lowest BCUT2D eigenvalue weighted by atomic mass is 10.1. The molecule has 0 spiro atoms. The minimum atomic E-state index is -0.386. The van der Waals surface area contributed by atoms with Gasteiger partial charge in [0.25, 0.3) is 11.8 Å². The Labute approximate surface area is 208 Å². The van der Waals surface area contributed by atoms with Gasteiger partial charge in [0.1, 0.15) is 5.75 Å². The van der Waals surface area contributed by atoms with Crippen molar-refractivity contribution in [1.82, 2.24) is 4.90 Å². The molecule has 3 aromatic carbocycles. The monoisotopic (exact) mass is 489 g/mol. The highest BCUT2D eigenvalue weighted by Gasteiger charge is 2.26. The SMILES string of the molecule is COc1ccccc1C=C1Oc2ccc(C(=O)N3CCN(c4cccc(Cl)c4)CC3)cc2NC1=O. The Balaban J connectivity index is 1.28. The van der Waals surface area contributed by atoms with Crippen molar-refractivity contribution in [2.75, 3.05) is 43.5 Å². The van der Waals surface area contributed by atoms with Gasteiger partial charge in [-0.3, -0.25) is 9.59 Å². The number of benzene rings is 3. The average molecular weight is 490 g/mol. The van der Waals surface area contributed by atoms with E-state index in [0.29, 0.717) is 54.0 Å². The number of amides is 2. The molecule has 0 unspecified atom stereocenters. The Bertz CT molecular complexity index is 1320. The van der Waals surface area contributed by atoms with Crippen molar-refractivity contribution >= 4 is 40.9 Å². The van der Waals surface area contributed by atoms with E-state index in [4.69, 9.17) is 21.1 Å². The van der Waals surface area contributed by atoms with Gasteiger partial charge in [0.05, 0.1) is 12.8 Å². The molecule has 1 saturated heterocycles. The van der Waals surface area contributed by atoms with Crippen LogP contribution in [0.5, 0.6) is 11.5 Å². The van der Waals surface area contributed by atoms with Crippen molar-refractivity contribution in [3.05, 3.63) is 88.6 Å². The number of para-hydroxylation sites is 1. The fourth-order valence-electron chi connectivity index (χ4n) is 4.24. The van der Waals surface area contributed by atoms with Gasteiger partial charge in [-0.2, -0.15) is 0 Å². The zero-order valence-electron chi connectivity index (χ0n) is 19.2. The molecular formula is C27H24ClN3O4. The van der Waals surface area contributed by atoms with Crippen molar-refractivity contribution < 1.29 is 19.1 Å². The Morgan fingerprint density at radius 3 is 2.60 bits per heavy atom. The molecule has 2 aliphatic heterocycles. The van der Waals surface area contributed by atoms with Gasteiger partial charge in [0, 0.05) is 48.0 Å². The number of halogens is 1. The molecule has 0 radical (unpaired) electrons. The molecule has 5 rings (SSSR count). The standard InChI is InChI=1S/C27H24ClN3O4/c1-34-23-8-3-2-5-18(23)16-25-26(32)29-22-15-19(9-10-24(22)35-25)27(33)31-13-11-30(12-14-31)21-7-4-6-20(28)17-21/h2-10,15-17H,11-14H2,1H3,(H,29,32). The van der Waals surface area contributed by atoms with E-state index in [9.17, 15) is 9.59 Å². The number of anilines is 2. The van der Waals surface area contributed by atoms with Crippen LogP contribution in [-0.4, -0.2) is 50.0 Å². The highest BCUT2D eigenvalue weighted by atomic mass is 35.5. The summed E-state index contributed by atoms with van der Waals surface area (Å²) in [7, 11) is 1.57. The molecule has 2 heterocycles. The number of carbonyl (C=O) groups excluding carboxylic acids is 2. The molecule has 2 aliphatic rings. The van der Waals surface area contributed by atoms with E-state index < -0.39 is 0 Å². The van der Waals surface area contributed by atoms with Crippen LogP contribution < -0.4 is 19.7 Å². The molecule has 1 fully saturated rings. The van der Waals surface area contributed by atoms with Gasteiger partial charge in [-0.25, -0.2) is 0 Å². The number of hydrogen-bond donors (Lipinski definition) is 1. The number of piperazine rings is 1. The number of methoxy groups -OCH3 is 1. The van der Waals surface area contributed by atoms with E-state index >= 15 is 0 Å². The Kier molecular flexibility index (Phi) is 6.33. The normalized spacial score (nSPS) is 16.4. The van der Waals surface area contributed by atoms with Crippen molar-refractivity contribution in [2.45, 2.75) is 0 Å². The first kappa shape index (κ1) is 22.8. The predicted octanol–water partition coefficient (Wildman–Crippen LogP) is 4.68. The van der Waals surface area contributed by atoms with Gasteiger partial charge in [-0.05, 0) is 48.5 Å². The van der Waals surface area contributed by atoms with Gasteiger partial charge in [-0.15, -0.1) is 0 Å². The molecule has 178 valence electrons. The van der Waals surface area contributed by atoms with E-state index in [1.54, 1.807) is 31.4 Å². The van der Waals surface area contributed by atoms with Crippen LogP contribution in [-0.2, 0) is 4.79 Å². The van der Waals surface area contributed by atoms with Crippen LogP contribution in [0.4, 0.5) is 11.4 Å². The minimum Gasteiger partial charge on any atom is -0.496 e. The van der Waals surface area contributed by atoms with E-state index in [1.165, 1.54) is 0 Å². The summed E-state index contributed by atoms with van der Waals surface area (Å²) in [4.78, 5) is 29.9. The molecule has 0 aliphatic carbocycles. The van der Waals surface area contributed by atoms with Gasteiger partial charge >= 0.3 is 0 Å². The summed E-state index contributed by atoms with van der Waals surface area (Å²) >= 11 is 6.11. The predicted molar refractivity (Wildman–Crippen MR) is 136 cm³/mol. The average Bonchev–Trinajstić information content (AvgIpc) is 2.89. The fourth-order valence-corrected chi connectivity index (χ4v) is 4.43. The number of nitrogens with zero attached hydrogens (tertiary/aromatic N) is 2. The van der Waals surface area contributed by atoms with Gasteiger partial charge < -0.3 is 24.6 Å². The number of fused-ring (bicyclic) bond motifs is 1.